The number of aromatic hydroxyl groups is 1. The van der Waals surface area contributed by atoms with Gasteiger partial charge < -0.3 is 15.6 Å². The summed E-state index contributed by atoms with van der Waals surface area (Å²) in [7, 11) is 0. The third-order valence-electron chi connectivity index (χ3n) is 3.23. The molecule has 4 nitrogen and oxygen atoms in total. The van der Waals surface area contributed by atoms with Crippen LogP contribution in [0.15, 0.2) is 24.3 Å². The van der Waals surface area contributed by atoms with Gasteiger partial charge in [0.15, 0.2) is 0 Å². The third-order valence-corrected chi connectivity index (χ3v) is 3.23. The van der Waals surface area contributed by atoms with Crippen LogP contribution in [0, 0.1) is 0 Å². The number of nitrogens with two attached hydrogens (primary N) is 1. The van der Waals surface area contributed by atoms with Gasteiger partial charge in [-0.2, -0.15) is 0 Å². The van der Waals surface area contributed by atoms with Gasteiger partial charge in [0, 0.05) is 19.5 Å². The average Bonchev–Trinajstić information content (AvgIpc) is 2.33. The van der Waals surface area contributed by atoms with Crippen molar-refractivity contribution in [3.63, 3.8) is 0 Å². The summed E-state index contributed by atoms with van der Waals surface area (Å²) in [5, 5.41) is 9.25. The molecule has 4 heteroatoms. The van der Waals surface area contributed by atoms with Gasteiger partial charge in [-0.05, 0) is 24.6 Å². The normalized spacial score (nSPS) is 21.1. The molecule has 0 aliphatic carbocycles. The van der Waals surface area contributed by atoms with Gasteiger partial charge in [0.05, 0.1) is 18.9 Å². The van der Waals surface area contributed by atoms with Crippen LogP contribution < -0.4 is 5.73 Å². The number of nitrogens with zero attached hydrogens (tertiary/aromatic N) is 1. The van der Waals surface area contributed by atoms with E-state index in [0.717, 1.165) is 38.3 Å². The molecule has 3 N–H and O–H groups in total. The molecule has 1 aliphatic rings. The van der Waals surface area contributed by atoms with E-state index in [1.54, 1.807) is 12.1 Å². The minimum Gasteiger partial charge on any atom is -0.508 e. The Bertz CT molecular complexity index is 356. The zero-order valence-corrected chi connectivity index (χ0v) is 10.2. The standard InChI is InChI=1S/C13H20N2O2/c1-13(14,15-6-8-17-9-7-15)10-11-2-4-12(16)5-3-11/h2-5,16H,6-10,14H2,1H3. The molecule has 0 saturated carbocycles. The highest BCUT2D eigenvalue weighted by Gasteiger charge is 2.28. The van der Waals surface area contributed by atoms with Crippen molar-refractivity contribution in [3.8, 4) is 5.75 Å². The number of hydrogen-bond acceptors (Lipinski definition) is 4. The second-order valence-electron chi connectivity index (χ2n) is 4.80. The van der Waals surface area contributed by atoms with Crippen LogP contribution in [0.1, 0.15) is 12.5 Å². The zero-order valence-electron chi connectivity index (χ0n) is 10.2. The fourth-order valence-corrected chi connectivity index (χ4v) is 2.21. The summed E-state index contributed by atoms with van der Waals surface area (Å²) in [5.41, 5.74) is 7.15. The quantitative estimate of drug-likeness (QED) is 0.820. The summed E-state index contributed by atoms with van der Waals surface area (Å²) in [6, 6.07) is 7.23. The predicted molar refractivity (Wildman–Crippen MR) is 66.8 cm³/mol. The molecule has 0 aromatic heterocycles. The summed E-state index contributed by atoms with van der Waals surface area (Å²) in [5.74, 6) is 0.291. The highest BCUT2D eigenvalue weighted by atomic mass is 16.5. The van der Waals surface area contributed by atoms with Gasteiger partial charge in [-0.3, -0.25) is 4.90 Å². The van der Waals surface area contributed by atoms with E-state index in [1.165, 1.54) is 0 Å². The molecule has 1 aliphatic heterocycles. The summed E-state index contributed by atoms with van der Waals surface area (Å²) >= 11 is 0. The Labute approximate surface area is 102 Å². The lowest BCUT2D eigenvalue weighted by molar-refractivity contribution is -0.0142. The minimum atomic E-state index is -0.360. The van der Waals surface area contributed by atoms with Crippen LogP contribution in [0.25, 0.3) is 0 Å². The van der Waals surface area contributed by atoms with Crippen LogP contribution in [0.4, 0.5) is 0 Å². The van der Waals surface area contributed by atoms with Crippen LogP contribution in [0.3, 0.4) is 0 Å². The van der Waals surface area contributed by atoms with Crippen molar-refractivity contribution in [1.82, 2.24) is 4.90 Å². The van der Waals surface area contributed by atoms with E-state index in [9.17, 15) is 5.11 Å². The second kappa shape index (κ2) is 5.04. The SMILES string of the molecule is CC(N)(Cc1ccc(O)cc1)N1CCOCC1. The monoisotopic (exact) mass is 236 g/mol. The van der Waals surface area contributed by atoms with Gasteiger partial charge >= 0.3 is 0 Å². The lowest BCUT2D eigenvalue weighted by Gasteiger charge is -2.40. The molecule has 1 aromatic rings. The average molecular weight is 236 g/mol. The molecule has 1 aromatic carbocycles. The van der Waals surface area contributed by atoms with Crippen LogP contribution in [-0.4, -0.2) is 42.0 Å². The molecule has 2 rings (SSSR count). The molecule has 1 fully saturated rings. The Morgan fingerprint density at radius 3 is 2.47 bits per heavy atom. The van der Waals surface area contributed by atoms with Gasteiger partial charge in [0.2, 0.25) is 0 Å². The highest BCUT2D eigenvalue weighted by Crippen LogP contribution is 2.18. The zero-order chi connectivity index (χ0) is 12.3. The van der Waals surface area contributed by atoms with Crippen molar-refractivity contribution in [2.24, 2.45) is 5.73 Å². The molecular weight excluding hydrogens is 216 g/mol. The third kappa shape index (κ3) is 3.19. The second-order valence-corrected chi connectivity index (χ2v) is 4.80. The maximum Gasteiger partial charge on any atom is 0.115 e. The van der Waals surface area contributed by atoms with Crippen LogP contribution in [0.2, 0.25) is 0 Å². The number of benzene rings is 1. The number of morpholine rings is 1. The maximum atomic E-state index is 9.25. The first-order valence-electron chi connectivity index (χ1n) is 5.97. The number of rotatable bonds is 3. The summed E-state index contributed by atoms with van der Waals surface area (Å²) in [4.78, 5) is 2.25. The molecule has 1 heterocycles. The van der Waals surface area contributed by atoms with E-state index < -0.39 is 0 Å². The smallest absolute Gasteiger partial charge is 0.115 e. The van der Waals surface area contributed by atoms with E-state index >= 15 is 0 Å². The molecule has 17 heavy (non-hydrogen) atoms. The van der Waals surface area contributed by atoms with Gasteiger partial charge in [-0.1, -0.05) is 12.1 Å². The number of phenols is 1. The highest BCUT2D eigenvalue weighted by molar-refractivity contribution is 5.27. The van der Waals surface area contributed by atoms with Crippen LogP contribution in [0.5, 0.6) is 5.75 Å². The Hall–Kier alpha value is -1.10. The molecule has 0 bridgehead atoms. The molecule has 1 saturated heterocycles. The van der Waals surface area contributed by atoms with E-state index in [-0.39, 0.29) is 5.66 Å². The Kier molecular flexibility index (Phi) is 3.66. The maximum absolute atomic E-state index is 9.25. The molecule has 1 unspecified atom stereocenters. The Morgan fingerprint density at radius 2 is 1.88 bits per heavy atom. The van der Waals surface area contributed by atoms with Crippen molar-refractivity contribution >= 4 is 0 Å². The first-order chi connectivity index (χ1) is 8.08. The summed E-state index contributed by atoms with van der Waals surface area (Å²) in [6.45, 7) is 5.31. The lowest BCUT2D eigenvalue weighted by Crippen LogP contribution is -2.58. The van der Waals surface area contributed by atoms with Crippen LogP contribution >= 0.6 is 0 Å². The largest absolute Gasteiger partial charge is 0.508 e. The molecular formula is C13H20N2O2. The molecule has 0 radical (unpaired) electrons. The summed E-state index contributed by atoms with van der Waals surface area (Å²) in [6.07, 6.45) is 0.771. The molecule has 94 valence electrons. The van der Waals surface area contributed by atoms with Crippen molar-refractivity contribution in [2.75, 3.05) is 26.3 Å². The number of phenolic OH excluding ortho intramolecular Hbond substituents is 1. The predicted octanol–water partition coefficient (Wildman–Crippen LogP) is 0.942. The van der Waals surface area contributed by atoms with E-state index in [0.29, 0.717) is 5.75 Å². The van der Waals surface area contributed by atoms with Crippen molar-refractivity contribution in [3.05, 3.63) is 29.8 Å². The summed E-state index contributed by atoms with van der Waals surface area (Å²) < 4.78 is 5.33. The van der Waals surface area contributed by atoms with Gasteiger partial charge in [-0.15, -0.1) is 0 Å². The molecule has 0 amide bonds. The van der Waals surface area contributed by atoms with E-state index in [4.69, 9.17) is 10.5 Å². The van der Waals surface area contributed by atoms with Crippen molar-refractivity contribution < 1.29 is 9.84 Å². The topological polar surface area (TPSA) is 58.7 Å². The van der Waals surface area contributed by atoms with E-state index in [2.05, 4.69) is 4.90 Å². The van der Waals surface area contributed by atoms with Crippen molar-refractivity contribution in [1.29, 1.82) is 0 Å². The van der Waals surface area contributed by atoms with Gasteiger partial charge in [0.25, 0.3) is 0 Å². The lowest BCUT2D eigenvalue weighted by atomic mass is 10.00. The minimum absolute atomic E-state index is 0.291. The Balaban J connectivity index is 2.02. The van der Waals surface area contributed by atoms with Crippen LogP contribution in [-0.2, 0) is 11.2 Å². The fourth-order valence-electron chi connectivity index (χ4n) is 2.21. The van der Waals surface area contributed by atoms with E-state index in [1.807, 2.05) is 19.1 Å². The Morgan fingerprint density at radius 1 is 1.29 bits per heavy atom. The van der Waals surface area contributed by atoms with Gasteiger partial charge in [0.1, 0.15) is 5.75 Å². The van der Waals surface area contributed by atoms with Crippen molar-refractivity contribution in [2.45, 2.75) is 19.0 Å². The number of hydrogen-bond donors (Lipinski definition) is 2. The molecule has 0 spiro atoms. The number of ether oxygens (including phenoxy) is 1. The first-order valence-corrected chi connectivity index (χ1v) is 5.97. The fraction of sp³-hybridized carbons (Fsp3) is 0.538. The first kappa shape index (κ1) is 12.4. The van der Waals surface area contributed by atoms with Gasteiger partial charge in [-0.25, -0.2) is 0 Å². The molecule has 1 atom stereocenters.